The van der Waals surface area contributed by atoms with Crippen molar-refractivity contribution in [3.05, 3.63) is 64.7 Å². The van der Waals surface area contributed by atoms with Crippen LogP contribution in [0.15, 0.2) is 54.1 Å². The molecule has 2 aromatic carbocycles. The maximum Gasteiger partial charge on any atom is 0.282 e. The lowest BCUT2D eigenvalue weighted by atomic mass is 10.1. The maximum atomic E-state index is 12.7. The lowest BCUT2D eigenvalue weighted by molar-refractivity contribution is -0.117. The lowest BCUT2D eigenvalue weighted by Gasteiger charge is -2.22. The number of hydrazine groups is 1. The summed E-state index contributed by atoms with van der Waals surface area (Å²) in [6, 6.07) is 14.2. The molecule has 2 amide bonds. The van der Waals surface area contributed by atoms with Crippen molar-refractivity contribution in [2.24, 2.45) is 0 Å². The van der Waals surface area contributed by atoms with Crippen LogP contribution in [0.5, 0.6) is 0 Å². The highest BCUT2D eigenvalue weighted by molar-refractivity contribution is 6.32. The fourth-order valence-electron chi connectivity index (χ4n) is 2.85. The number of nitrogens with one attached hydrogen (secondary N) is 1. The van der Waals surface area contributed by atoms with E-state index >= 15 is 0 Å². The molecule has 1 N–H and O–H groups in total. The minimum absolute atomic E-state index is 0.0704. The van der Waals surface area contributed by atoms with E-state index in [0.717, 1.165) is 11.3 Å². The average molecular weight is 439 g/mol. The Hall–Kier alpha value is -2.21. The van der Waals surface area contributed by atoms with Crippen LogP contribution in [0.1, 0.15) is 5.56 Å². The predicted octanol–water partition coefficient (Wildman–Crippen LogP) is 4.09. The SMILES string of the molecule is O=C1NN(c2ccc(Cl)cc2)C(=O)/C1=C\c1ccc(N(CCCl)CCCl)cc1. The second-order valence-corrected chi connectivity index (χ2v) is 7.26. The normalized spacial score (nSPS) is 15.2. The summed E-state index contributed by atoms with van der Waals surface area (Å²) in [5, 5.41) is 1.76. The summed E-state index contributed by atoms with van der Waals surface area (Å²) in [6.45, 7) is 1.37. The Bertz CT molecular complexity index is 877. The molecule has 28 heavy (non-hydrogen) atoms. The number of anilines is 2. The molecular weight excluding hydrogens is 421 g/mol. The summed E-state index contributed by atoms with van der Waals surface area (Å²) in [5.41, 5.74) is 4.91. The van der Waals surface area contributed by atoms with Crippen molar-refractivity contribution in [1.29, 1.82) is 0 Å². The lowest BCUT2D eigenvalue weighted by Crippen LogP contribution is -2.35. The van der Waals surface area contributed by atoms with E-state index in [1.54, 1.807) is 30.3 Å². The van der Waals surface area contributed by atoms with Gasteiger partial charge >= 0.3 is 0 Å². The Morgan fingerprint density at radius 1 is 0.929 bits per heavy atom. The molecule has 1 saturated heterocycles. The fraction of sp³-hybridized carbons (Fsp3) is 0.200. The van der Waals surface area contributed by atoms with Crippen LogP contribution in [0.25, 0.3) is 6.08 Å². The number of benzene rings is 2. The molecule has 0 saturated carbocycles. The van der Waals surface area contributed by atoms with Crippen molar-refractivity contribution >= 4 is 64.1 Å². The number of hydrogen-bond donors (Lipinski definition) is 1. The Morgan fingerprint density at radius 2 is 1.54 bits per heavy atom. The number of carbonyl (C=O) groups excluding carboxylic acids is 2. The second kappa shape index (κ2) is 9.32. The van der Waals surface area contributed by atoms with Crippen molar-refractivity contribution in [2.75, 3.05) is 34.8 Å². The molecule has 0 bridgehead atoms. The zero-order valence-electron chi connectivity index (χ0n) is 14.9. The van der Waals surface area contributed by atoms with E-state index in [9.17, 15) is 9.59 Å². The number of hydrogen-bond acceptors (Lipinski definition) is 3. The molecular formula is C20H18Cl3N3O2. The molecule has 5 nitrogen and oxygen atoms in total. The van der Waals surface area contributed by atoms with Gasteiger partial charge in [0.25, 0.3) is 11.8 Å². The second-order valence-electron chi connectivity index (χ2n) is 6.07. The Kier molecular flexibility index (Phi) is 6.83. The highest BCUT2D eigenvalue weighted by atomic mass is 35.5. The van der Waals surface area contributed by atoms with Crippen molar-refractivity contribution in [2.45, 2.75) is 0 Å². The van der Waals surface area contributed by atoms with Gasteiger partial charge in [0.1, 0.15) is 5.57 Å². The van der Waals surface area contributed by atoms with Gasteiger partial charge in [0.05, 0.1) is 5.69 Å². The molecule has 0 atom stereocenters. The highest BCUT2D eigenvalue weighted by Gasteiger charge is 2.34. The average Bonchev–Trinajstić information content (AvgIpc) is 2.97. The molecule has 8 heteroatoms. The van der Waals surface area contributed by atoms with E-state index in [0.29, 0.717) is 35.6 Å². The summed E-state index contributed by atoms with van der Waals surface area (Å²) >= 11 is 17.6. The van der Waals surface area contributed by atoms with Gasteiger partial charge in [-0.1, -0.05) is 23.7 Å². The Morgan fingerprint density at radius 3 is 2.11 bits per heavy atom. The molecule has 1 aliphatic heterocycles. The summed E-state index contributed by atoms with van der Waals surface area (Å²) in [5.74, 6) is 0.132. The minimum atomic E-state index is -0.449. The zero-order valence-corrected chi connectivity index (χ0v) is 17.1. The van der Waals surface area contributed by atoms with Crippen molar-refractivity contribution in [1.82, 2.24) is 5.43 Å². The van der Waals surface area contributed by atoms with Crippen LogP contribution in [-0.2, 0) is 9.59 Å². The smallest absolute Gasteiger partial charge is 0.282 e. The van der Waals surface area contributed by atoms with E-state index < -0.39 is 11.8 Å². The van der Waals surface area contributed by atoms with E-state index in [-0.39, 0.29) is 5.57 Å². The van der Waals surface area contributed by atoms with Gasteiger partial charge < -0.3 is 4.90 Å². The first kappa shape index (κ1) is 20.5. The number of halogens is 3. The van der Waals surface area contributed by atoms with E-state index in [1.807, 2.05) is 24.3 Å². The number of carbonyl (C=O) groups is 2. The third kappa shape index (κ3) is 4.61. The van der Waals surface area contributed by atoms with Crippen molar-refractivity contribution < 1.29 is 9.59 Å². The number of alkyl halides is 2. The standard InChI is InChI=1S/C20H18Cl3N3O2/c21-9-11-25(12-10-22)16-5-1-14(2-6-16)13-18-19(27)24-26(20(18)28)17-7-3-15(23)4-8-17/h1-8,13H,9-12H2,(H,24,27)/b18-13-. The van der Waals surface area contributed by atoms with Gasteiger partial charge in [-0.3, -0.25) is 15.0 Å². The number of amides is 2. The van der Waals surface area contributed by atoms with E-state index in [2.05, 4.69) is 10.3 Å². The molecule has 0 spiro atoms. The monoisotopic (exact) mass is 437 g/mol. The molecule has 0 aromatic heterocycles. The van der Waals surface area contributed by atoms with Crippen molar-refractivity contribution in [3.63, 3.8) is 0 Å². The highest BCUT2D eigenvalue weighted by Crippen LogP contribution is 2.24. The summed E-state index contributed by atoms with van der Waals surface area (Å²) in [7, 11) is 0. The van der Waals surface area contributed by atoms with Gasteiger partial charge in [-0.2, -0.15) is 0 Å². The first-order valence-corrected chi connectivity index (χ1v) is 10.1. The topological polar surface area (TPSA) is 52.7 Å². The molecule has 0 aliphatic carbocycles. The molecule has 3 rings (SSSR count). The van der Waals surface area contributed by atoms with Crippen LogP contribution in [0.3, 0.4) is 0 Å². The summed E-state index contributed by atoms with van der Waals surface area (Å²) < 4.78 is 0. The molecule has 0 unspecified atom stereocenters. The number of nitrogens with zero attached hydrogens (tertiary/aromatic N) is 2. The molecule has 146 valence electrons. The van der Waals surface area contributed by atoms with Gasteiger partial charge in [0.2, 0.25) is 0 Å². The Labute approximate surface area is 178 Å². The van der Waals surface area contributed by atoms with Gasteiger partial charge in [-0.25, -0.2) is 5.01 Å². The summed E-state index contributed by atoms with van der Waals surface area (Å²) in [4.78, 5) is 27.0. The van der Waals surface area contributed by atoms with Gasteiger partial charge in [-0.05, 0) is 48.0 Å². The number of rotatable bonds is 7. The van der Waals surface area contributed by atoms with Gasteiger partial charge in [0.15, 0.2) is 0 Å². The van der Waals surface area contributed by atoms with E-state index in [4.69, 9.17) is 34.8 Å². The van der Waals surface area contributed by atoms with Gasteiger partial charge in [-0.15, -0.1) is 23.2 Å². The molecule has 1 heterocycles. The molecule has 2 aromatic rings. The maximum absolute atomic E-state index is 12.7. The predicted molar refractivity (Wildman–Crippen MR) is 115 cm³/mol. The first-order chi connectivity index (χ1) is 13.5. The van der Waals surface area contributed by atoms with Crippen LogP contribution < -0.4 is 15.3 Å². The quantitative estimate of drug-likeness (QED) is 0.402. The van der Waals surface area contributed by atoms with Crippen LogP contribution in [0, 0.1) is 0 Å². The third-order valence-electron chi connectivity index (χ3n) is 4.25. The van der Waals surface area contributed by atoms with Gasteiger partial charge in [0, 0.05) is 35.6 Å². The zero-order chi connectivity index (χ0) is 20.1. The third-order valence-corrected chi connectivity index (χ3v) is 4.84. The van der Waals surface area contributed by atoms with Crippen LogP contribution in [-0.4, -0.2) is 36.7 Å². The largest absolute Gasteiger partial charge is 0.369 e. The molecule has 1 fully saturated rings. The van der Waals surface area contributed by atoms with Crippen LogP contribution >= 0.6 is 34.8 Å². The fourth-order valence-corrected chi connectivity index (χ4v) is 3.39. The molecule has 0 radical (unpaired) electrons. The van der Waals surface area contributed by atoms with E-state index in [1.165, 1.54) is 5.01 Å². The molecule has 1 aliphatic rings. The minimum Gasteiger partial charge on any atom is -0.369 e. The van der Waals surface area contributed by atoms with Crippen LogP contribution in [0.4, 0.5) is 11.4 Å². The first-order valence-electron chi connectivity index (χ1n) is 8.63. The summed E-state index contributed by atoms with van der Waals surface area (Å²) in [6.07, 6.45) is 1.57. The van der Waals surface area contributed by atoms with Crippen LogP contribution in [0.2, 0.25) is 5.02 Å². The van der Waals surface area contributed by atoms with Crippen molar-refractivity contribution in [3.8, 4) is 0 Å². The Balaban J connectivity index is 1.80.